The molecule has 0 aliphatic heterocycles. The fraction of sp³-hybridized carbons (Fsp3) is 0.143. The number of phenols is 2. The number of hydrogen-bond donors (Lipinski definition) is 2. The van der Waals surface area contributed by atoms with E-state index >= 15 is 0 Å². The molecule has 88 valence electrons. The Hall–Kier alpha value is -2.16. The van der Waals surface area contributed by atoms with Gasteiger partial charge in [-0.05, 0) is 36.8 Å². The molecule has 0 amide bonds. The van der Waals surface area contributed by atoms with Crippen LogP contribution in [0.1, 0.15) is 11.1 Å². The average molecular weight is 230 g/mol. The van der Waals surface area contributed by atoms with Crippen LogP contribution in [0, 0.1) is 6.92 Å². The Balaban J connectivity index is 2.10. The Kier molecular flexibility index (Phi) is 3.19. The first-order valence-corrected chi connectivity index (χ1v) is 5.36. The van der Waals surface area contributed by atoms with Gasteiger partial charge in [0.05, 0.1) is 0 Å². The molecule has 3 heteroatoms. The van der Waals surface area contributed by atoms with Crippen molar-refractivity contribution in [3.8, 4) is 17.2 Å². The van der Waals surface area contributed by atoms with Crippen molar-refractivity contribution in [3.05, 3.63) is 53.6 Å². The molecule has 0 unspecified atom stereocenters. The minimum Gasteiger partial charge on any atom is -0.508 e. The summed E-state index contributed by atoms with van der Waals surface area (Å²) >= 11 is 0. The van der Waals surface area contributed by atoms with E-state index in [2.05, 4.69) is 0 Å². The maximum absolute atomic E-state index is 9.52. The molecule has 0 fully saturated rings. The summed E-state index contributed by atoms with van der Waals surface area (Å²) in [5.41, 5.74) is 1.60. The van der Waals surface area contributed by atoms with E-state index in [1.54, 1.807) is 43.3 Å². The number of benzene rings is 2. The van der Waals surface area contributed by atoms with Crippen LogP contribution in [-0.2, 0) is 6.61 Å². The van der Waals surface area contributed by atoms with Gasteiger partial charge in [-0.1, -0.05) is 18.2 Å². The van der Waals surface area contributed by atoms with Gasteiger partial charge in [-0.15, -0.1) is 0 Å². The molecule has 0 aliphatic carbocycles. The number of hydrogen-bond acceptors (Lipinski definition) is 3. The van der Waals surface area contributed by atoms with E-state index < -0.39 is 0 Å². The molecular weight excluding hydrogens is 216 g/mol. The van der Waals surface area contributed by atoms with Crippen LogP contribution >= 0.6 is 0 Å². The van der Waals surface area contributed by atoms with Crippen LogP contribution in [0.25, 0.3) is 0 Å². The largest absolute Gasteiger partial charge is 0.508 e. The third kappa shape index (κ3) is 2.69. The SMILES string of the molecule is Cc1c(O)cccc1OCc1cccc(O)c1. The summed E-state index contributed by atoms with van der Waals surface area (Å²) in [6.45, 7) is 2.16. The van der Waals surface area contributed by atoms with Crippen molar-refractivity contribution in [2.45, 2.75) is 13.5 Å². The van der Waals surface area contributed by atoms with Crippen LogP contribution in [0.3, 0.4) is 0 Å². The molecule has 0 aliphatic rings. The topological polar surface area (TPSA) is 49.7 Å². The van der Waals surface area contributed by atoms with Gasteiger partial charge in [0, 0.05) is 5.56 Å². The molecule has 2 aromatic carbocycles. The normalized spacial score (nSPS) is 10.2. The van der Waals surface area contributed by atoms with E-state index in [4.69, 9.17) is 4.74 Å². The van der Waals surface area contributed by atoms with Crippen molar-refractivity contribution in [2.75, 3.05) is 0 Å². The van der Waals surface area contributed by atoms with E-state index in [9.17, 15) is 10.2 Å². The minimum atomic E-state index is 0.221. The van der Waals surface area contributed by atoms with Crippen molar-refractivity contribution >= 4 is 0 Å². The number of rotatable bonds is 3. The van der Waals surface area contributed by atoms with Crippen molar-refractivity contribution in [1.29, 1.82) is 0 Å². The van der Waals surface area contributed by atoms with Gasteiger partial charge in [-0.25, -0.2) is 0 Å². The first-order chi connectivity index (χ1) is 8.16. The third-order valence-corrected chi connectivity index (χ3v) is 2.56. The quantitative estimate of drug-likeness (QED) is 0.852. The minimum absolute atomic E-state index is 0.221. The molecule has 17 heavy (non-hydrogen) atoms. The summed E-state index contributed by atoms with van der Waals surface area (Å²) in [4.78, 5) is 0. The molecule has 3 nitrogen and oxygen atoms in total. The highest BCUT2D eigenvalue weighted by Crippen LogP contribution is 2.26. The summed E-state index contributed by atoms with van der Waals surface area (Å²) in [7, 11) is 0. The first-order valence-electron chi connectivity index (χ1n) is 5.36. The molecule has 0 spiro atoms. The lowest BCUT2D eigenvalue weighted by atomic mass is 10.2. The summed E-state index contributed by atoms with van der Waals surface area (Å²) in [6, 6.07) is 12.1. The highest BCUT2D eigenvalue weighted by Gasteiger charge is 2.04. The van der Waals surface area contributed by atoms with E-state index in [0.717, 1.165) is 5.56 Å². The summed E-state index contributed by atoms with van der Waals surface area (Å²) in [5.74, 6) is 1.09. The van der Waals surface area contributed by atoms with Crippen molar-refractivity contribution in [1.82, 2.24) is 0 Å². The molecule has 0 radical (unpaired) electrons. The summed E-state index contributed by atoms with van der Waals surface area (Å²) in [6.07, 6.45) is 0. The number of ether oxygens (including phenoxy) is 1. The predicted octanol–water partition coefficient (Wildman–Crippen LogP) is 2.99. The Morgan fingerprint density at radius 2 is 1.82 bits per heavy atom. The van der Waals surface area contributed by atoms with Crippen LogP contribution in [0.5, 0.6) is 17.2 Å². The number of aromatic hydroxyl groups is 2. The van der Waals surface area contributed by atoms with Crippen LogP contribution in [0.2, 0.25) is 0 Å². The molecule has 2 aromatic rings. The van der Waals surface area contributed by atoms with Crippen molar-refractivity contribution < 1.29 is 14.9 Å². The maximum atomic E-state index is 9.52. The van der Waals surface area contributed by atoms with Crippen LogP contribution in [0.15, 0.2) is 42.5 Å². The number of phenolic OH excluding ortho intramolecular Hbond substituents is 2. The molecule has 0 aromatic heterocycles. The zero-order chi connectivity index (χ0) is 12.3. The van der Waals surface area contributed by atoms with Gasteiger partial charge in [0.25, 0.3) is 0 Å². The third-order valence-electron chi connectivity index (χ3n) is 2.56. The van der Waals surface area contributed by atoms with E-state index in [1.807, 2.05) is 6.07 Å². The fourth-order valence-electron chi connectivity index (χ4n) is 1.57. The second-order valence-electron chi connectivity index (χ2n) is 3.86. The van der Waals surface area contributed by atoms with Crippen molar-refractivity contribution in [2.24, 2.45) is 0 Å². The summed E-state index contributed by atoms with van der Waals surface area (Å²) in [5, 5.41) is 18.8. The molecule has 0 bridgehead atoms. The zero-order valence-corrected chi connectivity index (χ0v) is 9.55. The molecular formula is C14H14O3. The lowest BCUT2D eigenvalue weighted by Gasteiger charge is -2.10. The van der Waals surface area contributed by atoms with Gasteiger partial charge in [0.15, 0.2) is 0 Å². The van der Waals surface area contributed by atoms with Gasteiger partial charge >= 0.3 is 0 Å². The smallest absolute Gasteiger partial charge is 0.126 e. The monoisotopic (exact) mass is 230 g/mol. The van der Waals surface area contributed by atoms with Gasteiger partial charge in [0.1, 0.15) is 23.9 Å². The fourth-order valence-corrected chi connectivity index (χ4v) is 1.57. The lowest BCUT2D eigenvalue weighted by molar-refractivity contribution is 0.301. The molecule has 0 saturated carbocycles. The predicted molar refractivity (Wildman–Crippen MR) is 65.3 cm³/mol. The molecule has 2 rings (SSSR count). The van der Waals surface area contributed by atoms with Gasteiger partial charge < -0.3 is 14.9 Å². The van der Waals surface area contributed by atoms with E-state index in [0.29, 0.717) is 17.9 Å². The van der Waals surface area contributed by atoms with Gasteiger partial charge in [0.2, 0.25) is 0 Å². The lowest BCUT2D eigenvalue weighted by Crippen LogP contribution is -1.96. The molecule has 2 N–H and O–H groups in total. The molecule has 0 atom stereocenters. The highest BCUT2D eigenvalue weighted by atomic mass is 16.5. The molecule has 0 heterocycles. The van der Waals surface area contributed by atoms with E-state index in [1.165, 1.54) is 0 Å². The first kappa shape index (κ1) is 11.3. The molecule has 0 saturated heterocycles. The maximum Gasteiger partial charge on any atom is 0.126 e. The van der Waals surface area contributed by atoms with Crippen LogP contribution < -0.4 is 4.74 Å². The average Bonchev–Trinajstić information content (AvgIpc) is 2.31. The zero-order valence-electron chi connectivity index (χ0n) is 9.55. The van der Waals surface area contributed by atoms with Crippen LogP contribution in [-0.4, -0.2) is 10.2 Å². The van der Waals surface area contributed by atoms with Crippen LogP contribution in [0.4, 0.5) is 0 Å². The standard InChI is InChI=1S/C14H14O3/c1-10-13(16)6-3-7-14(10)17-9-11-4-2-5-12(15)8-11/h2-8,15-16H,9H2,1H3. The van der Waals surface area contributed by atoms with Gasteiger partial charge in [-0.3, -0.25) is 0 Å². The Morgan fingerprint density at radius 1 is 1.06 bits per heavy atom. The Morgan fingerprint density at radius 3 is 2.59 bits per heavy atom. The van der Waals surface area contributed by atoms with Gasteiger partial charge in [-0.2, -0.15) is 0 Å². The second-order valence-corrected chi connectivity index (χ2v) is 3.86. The van der Waals surface area contributed by atoms with E-state index in [-0.39, 0.29) is 11.5 Å². The Bertz CT molecular complexity index is 521. The Labute approximate surface area is 99.9 Å². The second kappa shape index (κ2) is 4.78. The highest BCUT2D eigenvalue weighted by molar-refractivity contribution is 5.42. The summed E-state index contributed by atoms with van der Waals surface area (Å²) < 4.78 is 5.59. The van der Waals surface area contributed by atoms with Crippen molar-refractivity contribution in [3.63, 3.8) is 0 Å².